The van der Waals surface area contributed by atoms with Gasteiger partial charge in [-0.2, -0.15) is 0 Å². The van der Waals surface area contributed by atoms with Gasteiger partial charge in [0.15, 0.2) is 17.5 Å². The number of para-hydroxylation sites is 3. The zero-order chi connectivity index (χ0) is 37.7. The maximum Gasteiger partial charge on any atom is 0.167 e. The van der Waals surface area contributed by atoms with Crippen LogP contribution in [-0.4, -0.2) is 19.5 Å². The van der Waals surface area contributed by atoms with Gasteiger partial charge < -0.3 is 8.98 Å². The minimum atomic E-state index is 0.546. The zero-order valence-electron chi connectivity index (χ0n) is 30.9. The van der Waals surface area contributed by atoms with Crippen LogP contribution in [0.4, 0.5) is 0 Å². The van der Waals surface area contributed by atoms with Crippen LogP contribution in [0.5, 0.6) is 0 Å². The minimum absolute atomic E-state index is 0.546. The Labute approximate surface area is 329 Å². The highest BCUT2D eigenvalue weighted by atomic mass is 16.3. The molecule has 0 saturated carbocycles. The summed E-state index contributed by atoms with van der Waals surface area (Å²) >= 11 is 0. The summed E-state index contributed by atoms with van der Waals surface area (Å²) in [5.41, 5.74) is 12.1. The standard InChI is InChI=1S/C52H34N4O/c1-4-18-34(19-5-1)37-27-17-33-46-48(37)40-28-16-29-42(49(40)57-46)52-54-50(36-22-8-3-9-23-36)53-51(55-52)41-26-12-15-32-45(47(41)35-20-6-2-7-21-35)56-43-30-13-10-24-38(43)39-25-11-14-31-44(39)56/h1-31,33H,32H2. The molecule has 0 aliphatic heterocycles. The number of furan rings is 1. The Hall–Kier alpha value is -7.63. The van der Waals surface area contributed by atoms with E-state index in [1.54, 1.807) is 0 Å². The van der Waals surface area contributed by atoms with E-state index in [0.717, 1.165) is 77.6 Å². The molecule has 5 heteroatoms. The molecule has 0 radical (unpaired) electrons. The van der Waals surface area contributed by atoms with Crippen LogP contribution in [0, 0.1) is 0 Å². The van der Waals surface area contributed by atoms with Crippen LogP contribution in [-0.2, 0) is 0 Å². The number of aromatic nitrogens is 4. The molecule has 0 saturated heterocycles. The second-order valence-electron chi connectivity index (χ2n) is 14.3. The molecule has 7 aromatic carbocycles. The number of allylic oxidation sites excluding steroid dienone is 6. The summed E-state index contributed by atoms with van der Waals surface area (Å²) in [6, 6.07) is 61.1. The second kappa shape index (κ2) is 13.6. The molecule has 3 aromatic heterocycles. The van der Waals surface area contributed by atoms with Crippen molar-refractivity contribution < 1.29 is 4.42 Å². The fourth-order valence-electron chi connectivity index (χ4n) is 8.43. The van der Waals surface area contributed by atoms with Crippen LogP contribution in [0.15, 0.2) is 199 Å². The van der Waals surface area contributed by atoms with Crippen molar-refractivity contribution in [2.45, 2.75) is 6.42 Å². The normalized spacial score (nSPS) is 13.2. The number of hydrogen-bond acceptors (Lipinski definition) is 4. The van der Waals surface area contributed by atoms with Gasteiger partial charge in [0, 0.05) is 50.4 Å². The number of rotatable bonds is 6. The van der Waals surface area contributed by atoms with Crippen LogP contribution < -0.4 is 0 Å². The van der Waals surface area contributed by atoms with Gasteiger partial charge in [0.25, 0.3) is 0 Å². The molecule has 3 heterocycles. The predicted octanol–water partition coefficient (Wildman–Crippen LogP) is 13.3. The fourth-order valence-corrected chi connectivity index (χ4v) is 8.43. The lowest BCUT2D eigenvalue weighted by molar-refractivity contribution is 0.669. The largest absolute Gasteiger partial charge is 0.455 e. The monoisotopic (exact) mass is 730 g/mol. The molecular formula is C52H34N4O. The van der Waals surface area contributed by atoms with Crippen molar-refractivity contribution >= 4 is 60.6 Å². The summed E-state index contributed by atoms with van der Waals surface area (Å²) in [6.45, 7) is 0. The Morgan fingerprint density at radius 3 is 1.74 bits per heavy atom. The third-order valence-corrected chi connectivity index (χ3v) is 10.9. The Bertz CT molecular complexity index is 3190. The Kier molecular flexibility index (Phi) is 7.81. The maximum atomic E-state index is 6.75. The van der Waals surface area contributed by atoms with Gasteiger partial charge in [-0.1, -0.05) is 170 Å². The predicted molar refractivity (Wildman–Crippen MR) is 234 cm³/mol. The molecule has 0 amide bonds. The van der Waals surface area contributed by atoms with Crippen LogP contribution >= 0.6 is 0 Å². The topological polar surface area (TPSA) is 56.7 Å². The van der Waals surface area contributed by atoms with Gasteiger partial charge in [0.05, 0.1) is 16.6 Å². The molecule has 10 aromatic rings. The molecule has 0 spiro atoms. The zero-order valence-corrected chi connectivity index (χ0v) is 30.9. The molecule has 5 nitrogen and oxygen atoms in total. The van der Waals surface area contributed by atoms with Crippen molar-refractivity contribution in [3.63, 3.8) is 0 Å². The molecule has 0 fully saturated rings. The summed E-state index contributed by atoms with van der Waals surface area (Å²) in [5.74, 6) is 1.72. The van der Waals surface area contributed by atoms with Crippen LogP contribution in [0.3, 0.4) is 0 Å². The van der Waals surface area contributed by atoms with Gasteiger partial charge in [-0.05, 0) is 41.0 Å². The summed E-state index contributed by atoms with van der Waals surface area (Å²) < 4.78 is 9.18. The lowest BCUT2D eigenvalue weighted by Crippen LogP contribution is -2.07. The highest BCUT2D eigenvalue weighted by Crippen LogP contribution is 2.44. The van der Waals surface area contributed by atoms with Gasteiger partial charge >= 0.3 is 0 Å². The fraction of sp³-hybridized carbons (Fsp3) is 0.0192. The lowest BCUT2D eigenvalue weighted by Gasteiger charge is -2.20. The van der Waals surface area contributed by atoms with E-state index in [1.807, 2.05) is 30.3 Å². The average Bonchev–Trinajstić information content (AvgIpc) is 3.75. The van der Waals surface area contributed by atoms with E-state index in [-0.39, 0.29) is 0 Å². The Morgan fingerprint density at radius 2 is 1.02 bits per heavy atom. The molecule has 1 aliphatic carbocycles. The minimum Gasteiger partial charge on any atom is -0.455 e. The highest BCUT2D eigenvalue weighted by molar-refractivity contribution is 6.18. The highest BCUT2D eigenvalue weighted by Gasteiger charge is 2.25. The van der Waals surface area contributed by atoms with E-state index in [4.69, 9.17) is 19.4 Å². The van der Waals surface area contributed by atoms with E-state index in [2.05, 4.69) is 168 Å². The van der Waals surface area contributed by atoms with Crippen LogP contribution in [0.2, 0.25) is 0 Å². The number of benzene rings is 7. The first kappa shape index (κ1) is 32.8. The quantitative estimate of drug-likeness (QED) is 0.171. The van der Waals surface area contributed by atoms with Crippen molar-refractivity contribution in [2.75, 3.05) is 0 Å². The molecule has 268 valence electrons. The van der Waals surface area contributed by atoms with E-state index in [0.29, 0.717) is 23.9 Å². The molecule has 1 aliphatic rings. The first-order valence-electron chi connectivity index (χ1n) is 19.3. The average molecular weight is 731 g/mol. The van der Waals surface area contributed by atoms with Gasteiger partial charge in [-0.25, -0.2) is 15.0 Å². The SMILES string of the molecule is C1=CCC(n2c3ccccc3c3ccccc32)=C(c2ccccc2)C(c2nc(-c3ccccc3)nc(-c3cccc4c3oc3cccc(-c5ccccc5)c34)n2)=C1. The molecule has 0 bridgehead atoms. The van der Waals surface area contributed by atoms with Crippen molar-refractivity contribution in [2.24, 2.45) is 0 Å². The molecular weight excluding hydrogens is 697 g/mol. The molecule has 11 rings (SSSR count). The summed E-state index contributed by atoms with van der Waals surface area (Å²) in [6.07, 6.45) is 7.23. The van der Waals surface area contributed by atoms with Gasteiger partial charge in [-0.15, -0.1) is 0 Å². The summed E-state index contributed by atoms with van der Waals surface area (Å²) in [4.78, 5) is 15.9. The van der Waals surface area contributed by atoms with E-state index >= 15 is 0 Å². The second-order valence-corrected chi connectivity index (χ2v) is 14.3. The summed E-state index contributed by atoms with van der Waals surface area (Å²) in [5, 5.41) is 4.52. The third-order valence-electron chi connectivity index (χ3n) is 10.9. The first-order valence-corrected chi connectivity index (χ1v) is 19.3. The van der Waals surface area contributed by atoms with Crippen molar-refractivity contribution in [1.82, 2.24) is 19.5 Å². The number of hydrogen-bond donors (Lipinski definition) is 0. The van der Waals surface area contributed by atoms with Crippen molar-refractivity contribution in [3.05, 3.63) is 206 Å². The third kappa shape index (κ3) is 5.51. The van der Waals surface area contributed by atoms with Crippen molar-refractivity contribution in [1.29, 1.82) is 0 Å². The van der Waals surface area contributed by atoms with Gasteiger partial charge in [0.1, 0.15) is 11.2 Å². The van der Waals surface area contributed by atoms with Crippen LogP contribution in [0.1, 0.15) is 17.8 Å². The Balaban J connectivity index is 1.19. The number of fused-ring (bicyclic) bond motifs is 6. The maximum absolute atomic E-state index is 6.75. The molecule has 57 heavy (non-hydrogen) atoms. The summed E-state index contributed by atoms with van der Waals surface area (Å²) in [7, 11) is 0. The lowest BCUT2D eigenvalue weighted by atomic mass is 9.94. The van der Waals surface area contributed by atoms with E-state index in [1.165, 1.54) is 10.8 Å². The smallest absolute Gasteiger partial charge is 0.167 e. The number of nitrogens with zero attached hydrogens (tertiary/aromatic N) is 4. The Morgan fingerprint density at radius 1 is 0.456 bits per heavy atom. The van der Waals surface area contributed by atoms with E-state index in [9.17, 15) is 0 Å². The molecule has 0 unspecified atom stereocenters. The molecule has 0 N–H and O–H groups in total. The molecule has 0 atom stereocenters. The van der Waals surface area contributed by atoms with Crippen molar-refractivity contribution in [3.8, 4) is 33.9 Å². The van der Waals surface area contributed by atoms with E-state index < -0.39 is 0 Å². The van der Waals surface area contributed by atoms with Crippen LogP contribution in [0.25, 0.3) is 94.5 Å². The first-order chi connectivity index (χ1) is 28.3. The van der Waals surface area contributed by atoms with Gasteiger partial charge in [0.2, 0.25) is 0 Å². The van der Waals surface area contributed by atoms with Gasteiger partial charge in [-0.3, -0.25) is 0 Å².